The standard InChI is InChI=1S/C17H32.C16H28.C16H22.C12H20.C8H16.C3H6.C2H6.C2H4/c1-4-9-15(2)10-8-11-16(3)14-17-12-6-5-7-13-17;1-13-8-10-15(11-9-13)12-14(2)16-6-4-3-5-7-16;1-5-8-9-13(4)16-12-14(6-2)10-11-15(16)7-3;1-4-7-8-11-12(9-5-2)10-6-3;1-2-8-6-4-3-5-7-8;1-3-2;2*1-2/h15,17H,3-14H2,1-2H3;13,15-16H,2-12H2,1H3;5,8-12H,6-7H2,1-4H3;5,7,12H,1-2,6,8-11H2,3H3;8H,2-7H2,1H3;3H,1H2,2H3;1-2H3;1-2H2/b;;8-5-,13-9+;;;;;/t15-;;;12-;;;;/m0..0..../s1. The molecule has 0 amide bonds. The van der Waals surface area contributed by atoms with Gasteiger partial charge in [0, 0.05) is 0 Å². The number of aryl methyl sites for hydroxylation is 2. The molecule has 0 aliphatic heterocycles. The van der Waals surface area contributed by atoms with Gasteiger partial charge in [-0.3, -0.25) is 0 Å². The highest BCUT2D eigenvalue weighted by atomic mass is 14.3. The van der Waals surface area contributed by atoms with Crippen LogP contribution in [0.4, 0.5) is 0 Å². The van der Waals surface area contributed by atoms with Crippen molar-refractivity contribution in [3.8, 4) is 0 Å². The summed E-state index contributed by atoms with van der Waals surface area (Å²) < 4.78 is 0. The lowest BCUT2D eigenvalue weighted by Gasteiger charge is -2.30. The molecule has 438 valence electrons. The Balaban J connectivity index is -0.000000863. The first-order valence-electron chi connectivity index (χ1n) is 32.7. The first kappa shape index (κ1) is 77.2. The van der Waals surface area contributed by atoms with Gasteiger partial charge < -0.3 is 0 Å². The molecule has 0 unspecified atom stereocenters. The van der Waals surface area contributed by atoms with Crippen molar-refractivity contribution in [3.05, 3.63) is 134 Å². The molecule has 4 aliphatic rings. The van der Waals surface area contributed by atoms with Gasteiger partial charge in [0.2, 0.25) is 0 Å². The molecule has 0 bridgehead atoms. The lowest BCUT2D eigenvalue weighted by atomic mass is 9.76. The molecule has 0 heterocycles. The summed E-state index contributed by atoms with van der Waals surface area (Å²) in [5, 5.41) is 0. The van der Waals surface area contributed by atoms with Gasteiger partial charge in [-0.05, 0) is 174 Å². The highest BCUT2D eigenvalue weighted by Gasteiger charge is 2.23. The molecule has 0 radical (unpaired) electrons. The van der Waals surface area contributed by atoms with E-state index in [0.29, 0.717) is 0 Å². The summed E-state index contributed by atoms with van der Waals surface area (Å²) in [4.78, 5) is 0. The van der Waals surface area contributed by atoms with Crippen molar-refractivity contribution in [2.75, 3.05) is 0 Å². The molecule has 4 aliphatic carbocycles. The zero-order chi connectivity index (χ0) is 57.6. The van der Waals surface area contributed by atoms with E-state index < -0.39 is 0 Å². The average molecular weight is 1050 g/mol. The van der Waals surface area contributed by atoms with Crippen molar-refractivity contribution in [2.45, 2.75) is 301 Å². The Labute approximate surface area is 480 Å². The smallest absolute Gasteiger partial charge is 0.0193 e. The van der Waals surface area contributed by atoms with Crippen molar-refractivity contribution in [1.29, 1.82) is 0 Å². The van der Waals surface area contributed by atoms with Crippen molar-refractivity contribution in [1.82, 2.24) is 0 Å². The first-order valence-corrected chi connectivity index (χ1v) is 32.7. The highest BCUT2D eigenvalue weighted by Crippen LogP contribution is 2.37. The Morgan fingerprint density at radius 1 is 0.684 bits per heavy atom. The Morgan fingerprint density at radius 2 is 1.22 bits per heavy atom. The van der Waals surface area contributed by atoms with Crippen LogP contribution in [-0.4, -0.2) is 0 Å². The van der Waals surface area contributed by atoms with Crippen LogP contribution in [-0.2, 0) is 12.8 Å². The summed E-state index contributed by atoms with van der Waals surface area (Å²) in [6.07, 6.45) is 59.3. The predicted molar refractivity (Wildman–Crippen MR) is 355 cm³/mol. The van der Waals surface area contributed by atoms with E-state index in [-0.39, 0.29) is 0 Å². The van der Waals surface area contributed by atoms with Crippen LogP contribution in [0.25, 0.3) is 5.57 Å². The Hall–Kier alpha value is -3.08. The molecule has 4 saturated carbocycles. The van der Waals surface area contributed by atoms with E-state index in [1.54, 1.807) is 11.6 Å². The molecule has 0 nitrogen and oxygen atoms in total. The van der Waals surface area contributed by atoms with E-state index in [0.717, 1.165) is 67.1 Å². The molecule has 5 rings (SSSR count). The summed E-state index contributed by atoms with van der Waals surface area (Å²) in [7, 11) is 0. The van der Waals surface area contributed by atoms with Crippen LogP contribution in [0.15, 0.2) is 118 Å². The highest BCUT2D eigenvalue weighted by molar-refractivity contribution is 5.68. The SMILES string of the molecule is C/C=C\C=C(/C)c1cc(CC)ccc1CC.C=C.C=C(CC1CCC(C)CC1)C1CCCCC1.C=C(CCC[C@@H](C)CCC)CC1CCCCC1.C=C=CCC[C@@H](CC=C)CCC.C=CC.CC.CCC1CCCCC1. The summed E-state index contributed by atoms with van der Waals surface area (Å²) in [5.74, 6) is 6.64. The van der Waals surface area contributed by atoms with Crippen LogP contribution in [0.1, 0.15) is 305 Å². The van der Waals surface area contributed by atoms with Gasteiger partial charge in [0.15, 0.2) is 0 Å². The average Bonchev–Trinajstić information content (AvgIpc) is 3.45. The molecule has 0 aromatic heterocycles. The molecule has 76 heavy (non-hydrogen) atoms. The van der Waals surface area contributed by atoms with E-state index in [2.05, 4.69) is 144 Å². The molecule has 2 atom stereocenters. The van der Waals surface area contributed by atoms with Crippen LogP contribution >= 0.6 is 0 Å². The fourth-order valence-electron chi connectivity index (χ4n) is 11.7. The maximum Gasteiger partial charge on any atom is -0.0193 e. The van der Waals surface area contributed by atoms with Crippen molar-refractivity contribution >= 4 is 5.57 Å². The third-order valence-corrected chi connectivity index (χ3v) is 16.5. The van der Waals surface area contributed by atoms with E-state index in [1.807, 2.05) is 39.8 Å². The molecule has 0 heteroatoms. The van der Waals surface area contributed by atoms with Crippen molar-refractivity contribution < 1.29 is 0 Å². The van der Waals surface area contributed by atoms with Gasteiger partial charge in [0.05, 0.1) is 0 Å². The number of allylic oxidation sites excluding steroid dienone is 9. The van der Waals surface area contributed by atoms with Gasteiger partial charge in [-0.1, -0.05) is 277 Å². The summed E-state index contributed by atoms with van der Waals surface area (Å²) in [5.41, 5.74) is 11.5. The Kier molecular flexibility index (Phi) is 57.5. The topological polar surface area (TPSA) is 0 Å². The Morgan fingerprint density at radius 3 is 1.70 bits per heavy atom. The van der Waals surface area contributed by atoms with Gasteiger partial charge in [0.1, 0.15) is 0 Å². The van der Waals surface area contributed by atoms with E-state index in [1.165, 1.54) is 220 Å². The number of rotatable bonds is 23. The largest absolute Gasteiger partial charge is 0.133 e. The van der Waals surface area contributed by atoms with Gasteiger partial charge in [0.25, 0.3) is 0 Å². The van der Waals surface area contributed by atoms with Crippen LogP contribution in [0.3, 0.4) is 0 Å². The van der Waals surface area contributed by atoms with Gasteiger partial charge >= 0.3 is 0 Å². The second kappa shape index (κ2) is 56.6. The first-order chi connectivity index (χ1) is 36.9. The molecule has 1 aromatic rings. The maximum atomic E-state index is 4.39. The van der Waals surface area contributed by atoms with Gasteiger partial charge in [-0.15, -0.1) is 32.0 Å². The Bertz CT molecular complexity index is 1580. The quantitative estimate of drug-likeness (QED) is 0.0582. The van der Waals surface area contributed by atoms with Crippen molar-refractivity contribution in [3.63, 3.8) is 0 Å². The van der Waals surface area contributed by atoms with Crippen molar-refractivity contribution in [2.24, 2.45) is 41.4 Å². The monoisotopic (exact) mass is 1050 g/mol. The van der Waals surface area contributed by atoms with Crippen LogP contribution < -0.4 is 0 Å². The molecular weight excluding hydrogens is 913 g/mol. The van der Waals surface area contributed by atoms with E-state index in [9.17, 15) is 0 Å². The molecule has 0 saturated heterocycles. The predicted octanol–water partition coefficient (Wildman–Crippen LogP) is 26.3. The number of hydrogen-bond acceptors (Lipinski definition) is 0. The van der Waals surface area contributed by atoms with Crippen LogP contribution in [0, 0.1) is 41.4 Å². The van der Waals surface area contributed by atoms with Crippen LogP contribution in [0.2, 0.25) is 0 Å². The minimum absolute atomic E-state index is 0.817. The second-order valence-electron chi connectivity index (χ2n) is 23.1. The third kappa shape index (κ3) is 42.9. The summed E-state index contributed by atoms with van der Waals surface area (Å²) >= 11 is 0. The minimum atomic E-state index is 0.817. The molecular formula is C76H134. The fraction of sp³-hybridized carbons (Fsp3) is 0.697. The van der Waals surface area contributed by atoms with E-state index >= 15 is 0 Å². The maximum absolute atomic E-state index is 4.39. The normalized spacial score (nSPS) is 18.4. The fourth-order valence-corrected chi connectivity index (χ4v) is 11.7. The molecule has 4 fully saturated rings. The van der Waals surface area contributed by atoms with Crippen LogP contribution in [0.5, 0.6) is 0 Å². The van der Waals surface area contributed by atoms with Gasteiger partial charge in [-0.2, -0.15) is 0 Å². The zero-order valence-corrected chi connectivity index (χ0v) is 53.7. The molecule has 0 N–H and O–H groups in total. The number of benzene rings is 1. The lowest BCUT2D eigenvalue weighted by Crippen LogP contribution is -2.16. The number of hydrogen-bond donors (Lipinski definition) is 0. The van der Waals surface area contributed by atoms with E-state index in [4.69, 9.17) is 0 Å². The zero-order valence-electron chi connectivity index (χ0n) is 53.7. The summed E-state index contributed by atoms with van der Waals surface area (Å²) in [6, 6.07) is 6.83. The molecule has 1 aromatic carbocycles. The van der Waals surface area contributed by atoms with Gasteiger partial charge in [-0.25, -0.2) is 0 Å². The minimum Gasteiger partial charge on any atom is -0.133 e. The lowest BCUT2D eigenvalue weighted by molar-refractivity contribution is 0.277. The third-order valence-electron chi connectivity index (χ3n) is 16.5. The molecule has 0 spiro atoms. The summed E-state index contributed by atoms with van der Waals surface area (Å²) in [6.45, 7) is 51.6. The second-order valence-corrected chi connectivity index (χ2v) is 23.1.